The maximum Gasteiger partial charge on any atom is 0.157 e. The van der Waals surface area contributed by atoms with Crippen LogP contribution in [0.3, 0.4) is 0 Å². The summed E-state index contributed by atoms with van der Waals surface area (Å²) >= 11 is 0. The number of ketones is 1. The number of rotatable bonds is 4. The summed E-state index contributed by atoms with van der Waals surface area (Å²) in [4.78, 5) is 13.8. The van der Waals surface area contributed by atoms with Crippen molar-refractivity contribution in [3.8, 4) is 0 Å². The molecule has 0 atom stereocenters. The largest absolute Gasteiger partial charge is 0.364 e. The number of nitrogens with zero attached hydrogens (tertiary/aromatic N) is 1. The average molecular weight is 237 g/mol. The summed E-state index contributed by atoms with van der Waals surface area (Å²) in [6.07, 6.45) is 0. The van der Waals surface area contributed by atoms with Gasteiger partial charge in [-0.2, -0.15) is 0 Å². The van der Waals surface area contributed by atoms with Gasteiger partial charge in [0.05, 0.1) is 6.54 Å². The SMILES string of the molecule is CCN(CC(=O)C(C)(C)C)c1cccc(F)c1. The van der Waals surface area contributed by atoms with Gasteiger partial charge < -0.3 is 4.90 Å². The highest BCUT2D eigenvalue weighted by Gasteiger charge is 2.23. The second-order valence-corrected chi connectivity index (χ2v) is 5.17. The molecule has 17 heavy (non-hydrogen) atoms. The lowest BCUT2D eigenvalue weighted by molar-refractivity contribution is -0.124. The van der Waals surface area contributed by atoms with E-state index in [0.29, 0.717) is 13.1 Å². The summed E-state index contributed by atoms with van der Waals surface area (Å²) in [5, 5.41) is 0. The third-order valence-electron chi connectivity index (χ3n) is 2.73. The molecule has 0 saturated carbocycles. The third-order valence-corrected chi connectivity index (χ3v) is 2.73. The van der Waals surface area contributed by atoms with E-state index in [9.17, 15) is 9.18 Å². The molecule has 0 N–H and O–H groups in total. The fraction of sp³-hybridized carbons (Fsp3) is 0.500. The molecule has 0 aliphatic carbocycles. The number of hydrogen-bond donors (Lipinski definition) is 0. The lowest BCUT2D eigenvalue weighted by Crippen LogP contribution is -2.35. The predicted octanol–water partition coefficient (Wildman–Crippen LogP) is 3.27. The van der Waals surface area contributed by atoms with Crippen molar-refractivity contribution in [2.75, 3.05) is 18.0 Å². The number of carbonyl (C=O) groups is 1. The molecule has 0 aliphatic heterocycles. The van der Waals surface area contributed by atoms with Gasteiger partial charge >= 0.3 is 0 Å². The second-order valence-electron chi connectivity index (χ2n) is 5.17. The van der Waals surface area contributed by atoms with Crippen molar-refractivity contribution in [3.63, 3.8) is 0 Å². The maximum absolute atomic E-state index is 13.1. The zero-order valence-corrected chi connectivity index (χ0v) is 11.0. The van der Waals surface area contributed by atoms with Gasteiger partial charge in [0, 0.05) is 17.6 Å². The van der Waals surface area contributed by atoms with E-state index in [0.717, 1.165) is 5.69 Å². The van der Waals surface area contributed by atoms with Crippen molar-refractivity contribution in [2.24, 2.45) is 5.41 Å². The Morgan fingerprint density at radius 2 is 2.00 bits per heavy atom. The van der Waals surface area contributed by atoms with Gasteiger partial charge in [-0.05, 0) is 25.1 Å². The molecule has 3 heteroatoms. The zero-order valence-electron chi connectivity index (χ0n) is 11.0. The first kappa shape index (κ1) is 13.7. The summed E-state index contributed by atoms with van der Waals surface area (Å²) in [7, 11) is 0. The highest BCUT2D eigenvalue weighted by atomic mass is 19.1. The Balaban J connectivity index is 2.83. The van der Waals surface area contributed by atoms with Gasteiger partial charge in [0.1, 0.15) is 5.82 Å². The minimum Gasteiger partial charge on any atom is -0.364 e. The van der Waals surface area contributed by atoms with Crippen molar-refractivity contribution in [1.29, 1.82) is 0 Å². The Hall–Kier alpha value is -1.38. The summed E-state index contributed by atoms with van der Waals surface area (Å²) in [5.74, 6) is -0.118. The van der Waals surface area contributed by atoms with E-state index >= 15 is 0 Å². The Kier molecular flexibility index (Phi) is 4.27. The minimum absolute atomic E-state index is 0.156. The first-order chi connectivity index (χ1) is 7.84. The standard InChI is InChI=1S/C14H20FNO/c1-5-16(10-13(17)14(2,3)4)12-8-6-7-11(15)9-12/h6-9H,5,10H2,1-4H3. The quantitative estimate of drug-likeness (QED) is 0.801. The van der Waals surface area contributed by atoms with Crippen LogP contribution in [-0.4, -0.2) is 18.9 Å². The van der Waals surface area contributed by atoms with Crippen LogP contribution < -0.4 is 4.90 Å². The van der Waals surface area contributed by atoms with Gasteiger partial charge in [0.25, 0.3) is 0 Å². The van der Waals surface area contributed by atoms with E-state index in [-0.39, 0.29) is 17.0 Å². The van der Waals surface area contributed by atoms with Crippen LogP contribution in [0, 0.1) is 11.2 Å². The molecule has 0 aromatic heterocycles. The molecule has 0 amide bonds. The summed E-state index contributed by atoms with van der Waals surface area (Å²) in [5.41, 5.74) is 0.394. The molecule has 0 unspecified atom stereocenters. The van der Waals surface area contributed by atoms with Crippen LogP contribution in [0.15, 0.2) is 24.3 Å². The van der Waals surface area contributed by atoms with Crippen LogP contribution in [0.2, 0.25) is 0 Å². The molecule has 0 saturated heterocycles. The van der Waals surface area contributed by atoms with Crippen molar-refractivity contribution < 1.29 is 9.18 Å². The lowest BCUT2D eigenvalue weighted by atomic mass is 9.90. The van der Waals surface area contributed by atoms with Crippen LogP contribution in [-0.2, 0) is 4.79 Å². The van der Waals surface area contributed by atoms with E-state index < -0.39 is 0 Å². The molecule has 2 nitrogen and oxygen atoms in total. The monoisotopic (exact) mass is 237 g/mol. The number of benzene rings is 1. The molecular formula is C14H20FNO. The molecule has 0 aliphatic rings. The predicted molar refractivity (Wildman–Crippen MR) is 68.7 cm³/mol. The zero-order chi connectivity index (χ0) is 13.1. The van der Waals surface area contributed by atoms with Crippen LogP contribution in [0.25, 0.3) is 0 Å². The number of likely N-dealkylation sites (N-methyl/N-ethyl adjacent to an activating group) is 1. The van der Waals surface area contributed by atoms with Crippen LogP contribution in [0.5, 0.6) is 0 Å². The molecule has 1 aromatic carbocycles. The second kappa shape index (κ2) is 5.30. The van der Waals surface area contributed by atoms with Crippen molar-refractivity contribution in [3.05, 3.63) is 30.1 Å². The van der Waals surface area contributed by atoms with Gasteiger partial charge in [0.15, 0.2) is 5.78 Å². The Morgan fingerprint density at radius 3 is 2.47 bits per heavy atom. The summed E-state index contributed by atoms with van der Waals surface area (Å²) < 4.78 is 13.1. The normalized spacial score (nSPS) is 11.4. The highest BCUT2D eigenvalue weighted by Crippen LogP contribution is 2.19. The topological polar surface area (TPSA) is 20.3 Å². The van der Waals surface area contributed by atoms with Gasteiger partial charge in [-0.3, -0.25) is 4.79 Å². The number of anilines is 1. The van der Waals surface area contributed by atoms with E-state index in [1.807, 2.05) is 38.7 Å². The number of halogens is 1. The minimum atomic E-state index is -0.360. The van der Waals surface area contributed by atoms with Crippen LogP contribution in [0.1, 0.15) is 27.7 Å². The number of Topliss-reactive ketones (excluding diaryl/α,β-unsaturated/α-hetero) is 1. The molecule has 0 bridgehead atoms. The molecule has 1 aromatic rings. The molecule has 94 valence electrons. The van der Waals surface area contributed by atoms with Gasteiger partial charge in [0.2, 0.25) is 0 Å². The first-order valence-electron chi connectivity index (χ1n) is 5.88. The van der Waals surface area contributed by atoms with E-state index in [4.69, 9.17) is 0 Å². The Bertz CT molecular complexity index is 395. The Labute approximate surface area is 102 Å². The number of carbonyl (C=O) groups excluding carboxylic acids is 1. The van der Waals surface area contributed by atoms with E-state index in [1.165, 1.54) is 12.1 Å². The molecule has 0 spiro atoms. The fourth-order valence-electron chi connectivity index (χ4n) is 1.47. The molecule has 0 fully saturated rings. The average Bonchev–Trinajstić information content (AvgIpc) is 2.24. The molecule has 1 rings (SSSR count). The first-order valence-corrected chi connectivity index (χ1v) is 5.88. The van der Waals surface area contributed by atoms with Crippen LogP contribution in [0.4, 0.5) is 10.1 Å². The van der Waals surface area contributed by atoms with Crippen molar-refractivity contribution in [1.82, 2.24) is 0 Å². The summed E-state index contributed by atoms with van der Waals surface area (Å²) in [6.45, 7) is 8.66. The third kappa shape index (κ3) is 3.84. The van der Waals surface area contributed by atoms with E-state index in [1.54, 1.807) is 6.07 Å². The van der Waals surface area contributed by atoms with Crippen LogP contribution >= 0.6 is 0 Å². The van der Waals surface area contributed by atoms with E-state index in [2.05, 4.69) is 0 Å². The van der Waals surface area contributed by atoms with Crippen molar-refractivity contribution in [2.45, 2.75) is 27.7 Å². The number of hydrogen-bond acceptors (Lipinski definition) is 2. The molecule has 0 heterocycles. The smallest absolute Gasteiger partial charge is 0.157 e. The molecular weight excluding hydrogens is 217 g/mol. The highest BCUT2D eigenvalue weighted by molar-refractivity contribution is 5.88. The Morgan fingerprint density at radius 1 is 1.35 bits per heavy atom. The van der Waals surface area contributed by atoms with Crippen molar-refractivity contribution >= 4 is 11.5 Å². The van der Waals surface area contributed by atoms with Gasteiger partial charge in [-0.25, -0.2) is 4.39 Å². The summed E-state index contributed by atoms with van der Waals surface area (Å²) in [6, 6.07) is 6.35. The fourth-order valence-corrected chi connectivity index (χ4v) is 1.47. The maximum atomic E-state index is 13.1. The molecule has 0 radical (unpaired) electrons. The van der Waals surface area contributed by atoms with Gasteiger partial charge in [-0.1, -0.05) is 26.8 Å². The van der Waals surface area contributed by atoms with Gasteiger partial charge in [-0.15, -0.1) is 0 Å². The lowest BCUT2D eigenvalue weighted by Gasteiger charge is -2.26.